The highest BCUT2D eigenvalue weighted by atomic mass is 16.3. The van der Waals surface area contributed by atoms with Crippen LogP contribution in [0.3, 0.4) is 0 Å². The SMILES string of the molecule is O=C(c1cc2ncccc2o1)N(CCc1ccccc1)Cc1ccccc1. The molecule has 0 saturated heterocycles. The van der Waals surface area contributed by atoms with E-state index in [9.17, 15) is 4.79 Å². The van der Waals surface area contributed by atoms with Gasteiger partial charge in [0.1, 0.15) is 5.52 Å². The topological polar surface area (TPSA) is 46.3 Å². The summed E-state index contributed by atoms with van der Waals surface area (Å²) >= 11 is 0. The molecule has 0 spiro atoms. The Kier molecular flexibility index (Phi) is 4.97. The summed E-state index contributed by atoms with van der Waals surface area (Å²) in [5.41, 5.74) is 3.62. The predicted molar refractivity (Wildman–Crippen MR) is 105 cm³/mol. The van der Waals surface area contributed by atoms with Crippen molar-refractivity contribution < 1.29 is 9.21 Å². The van der Waals surface area contributed by atoms with E-state index in [1.807, 2.05) is 59.5 Å². The lowest BCUT2D eigenvalue weighted by Gasteiger charge is -2.22. The Bertz CT molecular complexity index is 993. The molecule has 0 unspecified atom stereocenters. The van der Waals surface area contributed by atoms with Gasteiger partial charge in [-0.3, -0.25) is 9.78 Å². The second-order valence-corrected chi connectivity index (χ2v) is 6.45. The molecule has 0 aliphatic rings. The standard InChI is InChI=1S/C23H20N2O2/c26-23(22-16-20-21(27-22)12-7-14-24-20)25(17-19-10-5-2-6-11-19)15-13-18-8-3-1-4-9-18/h1-12,14,16H,13,15,17H2. The first-order valence-electron chi connectivity index (χ1n) is 9.01. The van der Waals surface area contributed by atoms with Gasteiger partial charge in [0.2, 0.25) is 0 Å². The number of amides is 1. The monoisotopic (exact) mass is 356 g/mol. The minimum Gasteiger partial charge on any atom is -0.449 e. The van der Waals surface area contributed by atoms with E-state index in [1.54, 1.807) is 18.3 Å². The summed E-state index contributed by atoms with van der Waals surface area (Å²) in [5, 5.41) is 0. The number of nitrogens with zero attached hydrogens (tertiary/aromatic N) is 2. The summed E-state index contributed by atoms with van der Waals surface area (Å²) in [6.45, 7) is 1.15. The number of hydrogen-bond acceptors (Lipinski definition) is 3. The van der Waals surface area contributed by atoms with Crippen molar-refractivity contribution in [3.8, 4) is 0 Å². The summed E-state index contributed by atoms with van der Waals surface area (Å²) < 4.78 is 5.75. The Labute approximate surface area is 158 Å². The van der Waals surface area contributed by atoms with Gasteiger partial charge < -0.3 is 9.32 Å². The molecule has 4 heteroatoms. The lowest BCUT2D eigenvalue weighted by atomic mass is 10.1. The van der Waals surface area contributed by atoms with E-state index in [2.05, 4.69) is 17.1 Å². The van der Waals surface area contributed by atoms with Crippen LogP contribution in [0.15, 0.2) is 89.5 Å². The van der Waals surface area contributed by atoms with Crippen molar-refractivity contribution in [2.24, 2.45) is 0 Å². The van der Waals surface area contributed by atoms with Crippen LogP contribution in [0.5, 0.6) is 0 Å². The third-order valence-corrected chi connectivity index (χ3v) is 4.51. The van der Waals surface area contributed by atoms with Crippen molar-refractivity contribution in [2.45, 2.75) is 13.0 Å². The molecule has 0 aliphatic carbocycles. The fraction of sp³-hybridized carbons (Fsp3) is 0.130. The van der Waals surface area contributed by atoms with Crippen molar-refractivity contribution in [1.29, 1.82) is 0 Å². The van der Waals surface area contributed by atoms with E-state index in [0.717, 1.165) is 12.0 Å². The van der Waals surface area contributed by atoms with Gasteiger partial charge in [-0.15, -0.1) is 0 Å². The van der Waals surface area contributed by atoms with Gasteiger partial charge >= 0.3 is 0 Å². The van der Waals surface area contributed by atoms with E-state index in [1.165, 1.54) is 5.56 Å². The van der Waals surface area contributed by atoms with Gasteiger partial charge in [-0.1, -0.05) is 60.7 Å². The average molecular weight is 356 g/mol. The van der Waals surface area contributed by atoms with E-state index in [4.69, 9.17) is 4.42 Å². The Morgan fingerprint density at radius 3 is 2.30 bits per heavy atom. The maximum atomic E-state index is 13.1. The highest BCUT2D eigenvalue weighted by molar-refractivity contribution is 5.95. The van der Waals surface area contributed by atoms with Crippen LogP contribution < -0.4 is 0 Å². The van der Waals surface area contributed by atoms with Gasteiger partial charge in [0, 0.05) is 25.4 Å². The van der Waals surface area contributed by atoms with Crippen LogP contribution in [0.2, 0.25) is 0 Å². The smallest absolute Gasteiger partial charge is 0.289 e. The summed E-state index contributed by atoms with van der Waals surface area (Å²) in [5.74, 6) is 0.209. The molecule has 0 atom stereocenters. The Morgan fingerprint density at radius 1 is 0.889 bits per heavy atom. The van der Waals surface area contributed by atoms with Crippen LogP contribution in [0.25, 0.3) is 11.1 Å². The van der Waals surface area contributed by atoms with Crippen molar-refractivity contribution in [1.82, 2.24) is 9.88 Å². The number of benzene rings is 2. The van der Waals surface area contributed by atoms with Crippen LogP contribution in [0.1, 0.15) is 21.7 Å². The molecule has 27 heavy (non-hydrogen) atoms. The third kappa shape index (κ3) is 4.06. The number of rotatable bonds is 6. The number of carbonyl (C=O) groups excluding carboxylic acids is 1. The van der Waals surface area contributed by atoms with Crippen molar-refractivity contribution >= 4 is 17.0 Å². The van der Waals surface area contributed by atoms with Crippen LogP contribution >= 0.6 is 0 Å². The summed E-state index contributed by atoms with van der Waals surface area (Å²) in [6.07, 6.45) is 2.49. The van der Waals surface area contributed by atoms with Gasteiger partial charge in [0.25, 0.3) is 5.91 Å². The summed E-state index contributed by atoms with van der Waals surface area (Å²) in [7, 11) is 0. The molecule has 134 valence electrons. The van der Waals surface area contributed by atoms with Crippen LogP contribution in [-0.4, -0.2) is 22.3 Å². The first-order chi connectivity index (χ1) is 13.3. The average Bonchev–Trinajstić information content (AvgIpc) is 3.16. The molecule has 4 aromatic rings. The van der Waals surface area contributed by atoms with Crippen LogP contribution in [0, 0.1) is 0 Å². The number of hydrogen-bond donors (Lipinski definition) is 0. The van der Waals surface area contributed by atoms with E-state index in [0.29, 0.717) is 29.9 Å². The minimum atomic E-state index is -0.118. The van der Waals surface area contributed by atoms with Gasteiger partial charge in [0.15, 0.2) is 11.3 Å². The highest BCUT2D eigenvalue weighted by Gasteiger charge is 2.20. The highest BCUT2D eigenvalue weighted by Crippen LogP contribution is 2.19. The Morgan fingerprint density at radius 2 is 1.59 bits per heavy atom. The second kappa shape index (κ2) is 7.87. The lowest BCUT2D eigenvalue weighted by molar-refractivity contribution is 0.0715. The van der Waals surface area contributed by atoms with Gasteiger partial charge in [-0.2, -0.15) is 0 Å². The van der Waals surface area contributed by atoms with Gasteiger partial charge in [-0.25, -0.2) is 0 Å². The molecule has 1 amide bonds. The number of furan rings is 1. The van der Waals surface area contributed by atoms with Crippen LogP contribution in [-0.2, 0) is 13.0 Å². The molecule has 2 heterocycles. The quantitative estimate of drug-likeness (QED) is 0.502. The second-order valence-electron chi connectivity index (χ2n) is 6.45. The maximum Gasteiger partial charge on any atom is 0.289 e. The molecule has 2 aromatic heterocycles. The molecule has 0 N–H and O–H groups in total. The zero-order valence-electron chi connectivity index (χ0n) is 14.9. The molecule has 2 aromatic carbocycles. The first-order valence-corrected chi connectivity index (χ1v) is 9.01. The largest absolute Gasteiger partial charge is 0.449 e. The molecule has 0 aliphatic heterocycles. The molecule has 4 rings (SSSR count). The van der Waals surface area contributed by atoms with Crippen molar-refractivity contribution in [3.05, 3.63) is 102 Å². The third-order valence-electron chi connectivity index (χ3n) is 4.51. The van der Waals surface area contributed by atoms with Crippen molar-refractivity contribution in [2.75, 3.05) is 6.54 Å². The molecular formula is C23H20N2O2. The molecule has 0 saturated carbocycles. The number of pyridine rings is 1. The number of fused-ring (bicyclic) bond motifs is 1. The zero-order chi connectivity index (χ0) is 18.5. The Hall–Kier alpha value is -3.40. The molecule has 4 nitrogen and oxygen atoms in total. The number of carbonyl (C=O) groups is 1. The molecular weight excluding hydrogens is 336 g/mol. The van der Waals surface area contributed by atoms with E-state index < -0.39 is 0 Å². The fourth-order valence-corrected chi connectivity index (χ4v) is 3.10. The van der Waals surface area contributed by atoms with Crippen LogP contribution in [0.4, 0.5) is 0 Å². The van der Waals surface area contributed by atoms with Gasteiger partial charge in [0.05, 0.1) is 0 Å². The minimum absolute atomic E-state index is 0.118. The molecule has 0 bridgehead atoms. The first kappa shape index (κ1) is 17.0. The normalized spacial score (nSPS) is 10.8. The number of aromatic nitrogens is 1. The Balaban J connectivity index is 1.58. The predicted octanol–water partition coefficient (Wildman–Crippen LogP) is 4.71. The van der Waals surface area contributed by atoms with E-state index >= 15 is 0 Å². The lowest BCUT2D eigenvalue weighted by Crippen LogP contribution is -2.32. The van der Waals surface area contributed by atoms with Crippen molar-refractivity contribution in [3.63, 3.8) is 0 Å². The fourth-order valence-electron chi connectivity index (χ4n) is 3.10. The van der Waals surface area contributed by atoms with Gasteiger partial charge in [-0.05, 0) is 29.7 Å². The maximum absolute atomic E-state index is 13.1. The summed E-state index contributed by atoms with van der Waals surface area (Å²) in [4.78, 5) is 19.2. The molecule has 0 radical (unpaired) electrons. The van der Waals surface area contributed by atoms with E-state index in [-0.39, 0.29) is 5.91 Å². The summed E-state index contributed by atoms with van der Waals surface area (Å²) in [6, 6.07) is 25.6. The zero-order valence-corrected chi connectivity index (χ0v) is 14.9. The molecule has 0 fully saturated rings.